The molecule has 0 saturated carbocycles. The summed E-state index contributed by atoms with van der Waals surface area (Å²) in [6.07, 6.45) is 6.70. The summed E-state index contributed by atoms with van der Waals surface area (Å²) in [6.45, 7) is 4.07. The maximum atomic E-state index is 11.7. The molecule has 0 saturated heterocycles. The average Bonchev–Trinajstić information content (AvgIpc) is 2.40. The normalized spacial score (nSPS) is 11.7. The predicted molar refractivity (Wildman–Crippen MR) is 83.3 cm³/mol. The third kappa shape index (κ3) is 11.8. The highest BCUT2D eigenvalue weighted by Crippen LogP contribution is 2.08. The average molecular weight is 299 g/mol. The number of amides is 2. The Morgan fingerprint density at radius 3 is 2.00 bits per heavy atom. The highest BCUT2D eigenvalue weighted by molar-refractivity contribution is 5.77. The number of unbranched alkanes of at least 4 members (excludes halogenated alkanes) is 5. The summed E-state index contributed by atoms with van der Waals surface area (Å²) in [6, 6.07) is 0. The van der Waals surface area contributed by atoms with Gasteiger partial charge in [-0.25, -0.2) is 0 Å². The smallest absolute Gasteiger partial charge is 0.225 e. The lowest BCUT2D eigenvalue weighted by atomic mass is 10.1. The van der Waals surface area contributed by atoms with Crippen LogP contribution in [0.25, 0.3) is 0 Å². The molecule has 0 spiro atoms. The molecule has 0 fully saturated rings. The Hall–Kier alpha value is -1.72. The van der Waals surface area contributed by atoms with Crippen molar-refractivity contribution in [3.63, 3.8) is 0 Å². The Balaban J connectivity index is 3.62. The van der Waals surface area contributed by atoms with Gasteiger partial charge in [0.05, 0.1) is 0 Å². The van der Waals surface area contributed by atoms with E-state index < -0.39 is 0 Å². The third-order valence-corrected chi connectivity index (χ3v) is 3.06. The van der Waals surface area contributed by atoms with Crippen molar-refractivity contribution in [1.29, 1.82) is 0 Å². The van der Waals surface area contributed by atoms with Gasteiger partial charge in [-0.15, -0.1) is 0 Å². The summed E-state index contributed by atoms with van der Waals surface area (Å²) in [5, 5.41) is 15.0. The molecule has 122 valence electrons. The molecule has 6 heteroatoms. The Labute approximate surface area is 127 Å². The minimum atomic E-state index is -0.240. The Bertz CT molecular complexity index is 350. The minimum absolute atomic E-state index is 0.0830. The van der Waals surface area contributed by atoms with Gasteiger partial charge in [0.15, 0.2) is 0 Å². The number of aliphatic hydroxyl groups excluding tert-OH is 1. The number of hydrogen-bond donors (Lipinski definition) is 4. The molecule has 0 unspecified atom stereocenters. The van der Waals surface area contributed by atoms with Crippen LogP contribution >= 0.6 is 0 Å². The Kier molecular flexibility index (Phi) is 11.1. The van der Waals surface area contributed by atoms with Gasteiger partial charge >= 0.3 is 0 Å². The van der Waals surface area contributed by atoms with Crippen molar-refractivity contribution in [3.05, 3.63) is 11.6 Å². The number of aliphatic hydroxyl groups is 1. The highest BCUT2D eigenvalue weighted by atomic mass is 16.3. The molecule has 0 atom stereocenters. The summed E-state index contributed by atoms with van der Waals surface area (Å²) in [5.41, 5.74) is 5.06. The largest absolute Gasteiger partial charge is 0.509 e. The van der Waals surface area contributed by atoms with Gasteiger partial charge in [0, 0.05) is 19.4 Å². The van der Waals surface area contributed by atoms with Crippen LogP contribution in [0.3, 0.4) is 0 Å². The molecule has 0 radical (unpaired) electrons. The van der Waals surface area contributed by atoms with E-state index in [1.165, 1.54) is 6.92 Å². The maximum Gasteiger partial charge on any atom is 0.225 e. The number of carbonyl (C=O) groups is 2. The molecule has 0 aromatic heterocycles. The van der Waals surface area contributed by atoms with Crippen molar-refractivity contribution in [2.75, 3.05) is 6.54 Å². The molecule has 21 heavy (non-hydrogen) atoms. The zero-order chi connectivity index (χ0) is 16.1. The van der Waals surface area contributed by atoms with Crippen LogP contribution in [0, 0.1) is 0 Å². The number of nitrogens with one attached hydrogen (secondary N) is 2. The van der Waals surface area contributed by atoms with Crippen LogP contribution in [0.5, 0.6) is 0 Å². The van der Waals surface area contributed by atoms with Crippen molar-refractivity contribution in [2.45, 2.75) is 65.2 Å². The van der Waals surface area contributed by atoms with Crippen molar-refractivity contribution in [2.24, 2.45) is 5.73 Å². The lowest BCUT2D eigenvalue weighted by molar-refractivity contribution is -0.121. The van der Waals surface area contributed by atoms with E-state index in [0.717, 1.165) is 38.5 Å². The first-order chi connectivity index (χ1) is 9.97. The van der Waals surface area contributed by atoms with E-state index in [1.807, 2.05) is 6.92 Å². The van der Waals surface area contributed by atoms with Crippen LogP contribution in [0.4, 0.5) is 0 Å². The summed E-state index contributed by atoms with van der Waals surface area (Å²) < 4.78 is 0. The number of allylic oxidation sites excluding steroid dienone is 1. The Morgan fingerprint density at radius 2 is 1.52 bits per heavy atom. The second-order valence-electron chi connectivity index (χ2n) is 5.13. The predicted octanol–water partition coefficient (Wildman–Crippen LogP) is 2.07. The minimum Gasteiger partial charge on any atom is -0.509 e. The molecular formula is C15H29N3O3. The van der Waals surface area contributed by atoms with Gasteiger partial charge in [0.1, 0.15) is 11.6 Å². The van der Waals surface area contributed by atoms with Gasteiger partial charge in [-0.05, 0) is 26.7 Å². The van der Waals surface area contributed by atoms with Crippen molar-refractivity contribution in [3.8, 4) is 0 Å². The van der Waals surface area contributed by atoms with Gasteiger partial charge < -0.3 is 21.5 Å². The fourth-order valence-corrected chi connectivity index (χ4v) is 1.93. The molecule has 6 nitrogen and oxygen atoms in total. The Morgan fingerprint density at radius 1 is 1.00 bits per heavy atom. The fraction of sp³-hybridized carbons (Fsp3) is 0.733. The van der Waals surface area contributed by atoms with Crippen molar-refractivity contribution in [1.82, 2.24) is 10.6 Å². The van der Waals surface area contributed by atoms with E-state index in [-0.39, 0.29) is 17.6 Å². The lowest BCUT2D eigenvalue weighted by Gasteiger charge is -2.11. The van der Waals surface area contributed by atoms with Crippen LogP contribution in [0.15, 0.2) is 11.6 Å². The lowest BCUT2D eigenvalue weighted by Crippen LogP contribution is -2.32. The zero-order valence-electron chi connectivity index (χ0n) is 13.2. The topological polar surface area (TPSA) is 104 Å². The van der Waals surface area contributed by atoms with E-state index in [0.29, 0.717) is 25.2 Å². The van der Waals surface area contributed by atoms with E-state index >= 15 is 0 Å². The number of hydrogen-bond acceptors (Lipinski definition) is 4. The maximum absolute atomic E-state index is 11.7. The quantitative estimate of drug-likeness (QED) is 0.327. The van der Waals surface area contributed by atoms with Gasteiger partial charge in [-0.3, -0.25) is 9.59 Å². The number of carbonyl (C=O) groups excluding carboxylic acids is 2. The summed E-state index contributed by atoms with van der Waals surface area (Å²) in [7, 11) is 0. The molecule has 0 bridgehead atoms. The molecular weight excluding hydrogens is 270 g/mol. The van der Waals surface area contributed by atoms with Gasteiger partial charge in [0.25, 0.3) is 0 Å². The van der Waals surface area contributed by atoms with E-state index in [1.54, 1.807) is 0 Å². The molecule has 5 N–H and O–H groups in total. The fourth-order valence-electron chi connectivity index (χ4n) is 1.93. The summed E-state index contributed by atoms with van der Waals surface area (Å²) in [5.74, 6) is 0.136. The second kappa shape index (κ2) is 12.1. The van der Waals surface area contributed by atoms with E-state index in [4.69, 9.17) is 5.73 Å². The molecule has 2 amide bonds. The molecule has 0 aliphatic carbocycles. The standard InChI is InChI=1S/C15H29N3O3/c1-3-17-15(12(2)19)18-14(21)11-9-7-5-4-6-8-10-13(16)20/h17,19H,3-11H2,1-2H3,(H2,16,20)(H,18,21)/b15-12-. The van der Waals surface area contributed by atoms with Gasteiger partial charge in [-0.2, -0.15) is 0 Å². The summed E-state index contributed by atoms with van der Waals surface area (Å²) in [4.78, 5) is 22.2. The van der Waals surface area contributed by atoms with E-state index in [9.17, 15) is 14.7 Å². The third-order valence-electron chi connectivity index (χ3n) is 3.06. The van der Waals surface area contributed by atoms with E-state index in [2.05, 4.69) is 10.6 Å². The number of primary amides is 1. The van der Waals surface area contributed by atoms with Gasteiger partial charge in [0.2, 0.25) is 11.8 Å². The van der Waals surface area contributed by atoms with Crippen LogP contribution in [-0.2, 0) is 9.59 Å². The second-order valence-corrected chi connectivity index (χ2v) is 5.13. The molecule has 0 aliphatic heterocycles. The van der Waals surface area contributed by atoms with Crippen LogP contribution in [0.1, 0.15) is 65.2 Å². The first-order valence-electron chi connectivity index (χ1n) is 7.69. The van der Waals surface area contributed by atoms with Crippen molar-refractivity contribution < 1.29 is 14.7 Å². The first-order valence-corrected chi connectivity index (χ1v) is 7.69. The van der Waals surface area contributed by atoms with Gasteiger partial charge in [-0.1, -0.05) is 25.7 Å². The van der Waals surface area contributed by atoms with Crippen molar-refractivity contribution >= 4 is 11.8 Å². The number of nitrogens with two attached hydrogens (primary N) is 1. The molecule has 0 aromatic carbocycles. The van der Waals surface area contributed by atoms with Crippen LogP contribution in [-0.4, -0.2) is 23.5 Å². The SMILES string of the molecule is CCN/C(NC(=O)CCCCCCCCC(N)=O)=C(\C)O. The zero-order valence-corrected chi connectivity index (χ0v) is 13.2. The molecule has 0 aromatic rings. The number of rotatable bonds is 12. The monoisotopic (exact) mass is 299 g/mol. The van der Waals surface area contributed by atoms with Crippen LogP contribution < -0.4 is 16.4 Å². The first kappa shape index (κ1) is 19.3. The summed E-state index contributed by atoms with van der Waals surface area (Å²) >= 11 is 0. The molecule has 0 heterocycles. The highest BCUT2D eigenvalue weighted by Gasteiger charge is 2.06. The molecule has 0 rings (SSSR count). The molecule has 0 aliphatic rings. The van der Waals surface area contributed by atoms with Crippen LogP contribution in [0.2, 0.25) is 0 Å².